The largest absolute Gasteiger partial charge is 0.458 e. The molecule has 6 aromatic carbocycles. The monoisotopic (exact) mass is 1080 g/mol. The summed E-state index contributed by atoms with van der Waals surface area (Å²) < 4.78 is 89.0. The maximum absolute atomic E-state index is 14.8. The first-order chi connectivity index (χ1) is 37.3. The summed E-state index contributed by atoms with van der Waals surface area (Å²) in [5.74, 6) is -2.19. The van der Waals surface area contributed by atoms with Gasteiger partial charge in [-0.05, 0) is 118 Å². The van der Waals surface area contributed by atoms with Crippen LogP contribution in [0.15, 0.2) is 171 Å². The predicted molar refractivity (Wildman–Crippen MR) is 307 cm³/mol. The van der Waals surface area contributed by atoms with Gasteiger partial charge in [-0.2, -0.15) is 17.6 Å². The Morgan fingerprint density at radius 1 is 0.397 bits per heavy atom. The van der Waals surface area contributed by atoms with Crippen molar-refractivity contribution in [3.63, 3.8) is 0 Å². The number of benzene rings is 6. The molecule has 0 aromatic heterocycles. The molecule has 0 N–H and O–H groups in total. The molecule has 0 heterocycles. The van der Waals surface area contributed by atoms with E-state index in [0.29, 0.717) is 27.5 Å². The van der Waals surface area contributed by atoms with Crippen molar-refractivity contribution < 1.29 is 65.2 Å². The van der Waals surface area contributed by atoms with E-state index in [4.69, 9.17) is 28.4 Å². The van der Waals surface area contributed by atoms with Crippen LogP contribution in [0.2, 0.25) is 0 Å². The van der Waals surface area contributed by atoms with Crippen LogP contribution in [0.25, 0.3) is 21.5 Å². The molecule has 0 unspecified atom stereocenters. The van der Waals surface area contributed by atoms with Gasteiger partial charge >= 0.3 is 36.1 Å². The highest BCUT2D eigenvalue weighted by molar-refractivity contribution is 5.88. The van der Waals surface area contributed by atoms with E-state index in [-0.39, 0.29) is 54.6 Å². The topological polar surface area (TPSA) is 124 Å². The van der Waals surface area contributed by atoms with E-state index in [0.717, 1.165) is 34.1 Å². The molecule has 0 radical (unpaired) electrons. The fourth-order valence-electron chi connectivity index (χ4n) is 5.82. The van der Waals surface area contributed by atoms with Crippen LogP contribution in [0, 0.1) is 0 Å². The molecule has 6 rings (SSSR count). The highest BCUT2D eigenvalue weighted by Crippen LogP contribution is 2.35. The molecule has 424 valence electrons. The quantitative estimate of drug-likeness (QED) is 0.0356. The summed E-state index contributed by atoms with van der Waals surface area (Å²) in [4.78, 5) is 45.3. The molecule has 0 saturated heterocycles. The van der Waals surface area contributed by atoms with Gasteiger partial charge in [-0.15, -0.1) is 0 Å². The minimum Gasteiger partial charge on any atom is -0.458 e. The van der Waals surface area contributed by atoms with Crippen molar-refractivity contribution in [2.24, 2.45) is 0 Å². The molecule has 0 aliphatic rings. The second kappa shape index (κ2) is 39.4. The van der Waals surface area contributed by atoms with E-state index in [1.165, 1.54) is 67.6 Å². The molecule has 0 spiro atoms. The van der Waals surface area contributed by atoms with E-state index in [1.807, 2.05) is 83.1 Å². The van der Waals surface area contributed by atoms with Crippen LogP contribution in [-0.2, 0) is 76.8 Å². The first-order valence-corrected chi connectivity index (χ1v) is 26.0. The molecule has 78 heavy (non-hydrogen) atoms. The van der Waals surface area contributed by atoms with Crippen LogP contribution < -0.4 is 9.47 Å². The van der Waals surface area contributed by atoms with Crippen molar-refractivity contribution in [2.45, 2.75) is 136 Å². The van der Waals surface area contributed by atoms with E-state index in [1.54, 1.807) is 67.6 Å². The maximum Gasteiger partial charge on any atom is 0.426 e. The molecule has 0 aliphatic carbocycles. The number of alkyl halides is 4. The lowest BCUT2D eigenvalue weighted by molar-refractivity contribution is -0.186. The van der Waals surface area contributed by atoms with Crippen LogP contribution in [0.3, 0.4) is 0 Å². The Morgan fingerprint density at radius 3 is 0.962 bits per heavy atom. The third-order valence-electron chi connectivity index (χ3n) is 9.35. The number of fused-ring (bicyclic) bond motifs is 2. The van der Waals surface area contributed by atoms with Gasteiger partial charge in [-0.3, -0.25) is 0 Å². The summed E-state index contributed by atoms with van der Waals surface area (Å²) in [6.07, 6.45) is -5.03. The zero-order valence-electron chi connectivity index (χ0n) is 48.0. The number of halogens is 4. The molecule has 0 bridgehead atoms. The lowest BCUT2D eigenvalue weighted by Crippen LogP contribution is -2.21. The number of hydrogen-bond donors (Lipinski definition) is 0. The summed E-state index contributed by atoms with van der Waals surface area (Å²) in [7, 11) is 0. The van der Waals surface area contributed by atoms with Crippen molar-refractivity contribution in [2.75, 3.05) is 0 Å². The van der Waals surface area contributed by atoms with E-state index in [9.17, 15) is 36.7 Å². The summed E-state index contributed by atoms with van der Waals surface area (Å²) >= 11 is 0. The summed E-state index contributed by atoms with van der Waals surface area (Å²) in [6.45, 7) is 40.9. The Balaban J connectivity index is 0. The number of carbonyl (C=O) groups is 4. The van der Waals surface area contributed by atoms with Gasteiger partial charge < -0.3 is 28.4 Å². The number of rotatable bonds is 18. The molecule has 0 saturated carbocycles. The normalized spacial score (nSPS) is 9.77. The van der Waals surface area contributed by atoms with Crippen molar-refractivity contribution >= 4 is 45.4 Å². The van der Waals surface area contributed by atoms with Crippen LogP contribution >= 0.6 is 0 Å². The van der Waals surface area contributed by atoms with Crippen LogP contribution in [0.1, 0.15) is 130 Å². The summed E-state index contributed by atoms with van der Waals surface area (Å²) in [6, 6.07) is 30.3. The standard InChI is InChI=1S/C27H24F2O5.C25H20F2O5.6C2H6/c1-17(2)25(30)32-15-19-6-11-24(12-7-19)34-27(28,29)23-10-9-21-13-20(5-8-22(21)14-23)16-33-26(31)18(3)4;1-3-23(28)30-15-17-6-11-22(12-7-17)32-25(26,27)21-10-9-19-13-18(5-8-20(19)14-21)16-31-24(29)4-2;6*1-2/h5-14H,1,3,15-16H2,2,4H3;3-14H,1-2,15-16H2;6*1-2H3. The number of carbonyl (C=O) groups excluding carboxylic acids is 4. The second-order valence-corrected chi connectivity index (χ2v) is 14.7. The van der Waals surface area contributed by atoms with Crippen molar-refractivity contribution in [1.29, 1.82) is 0 Å². The summed E-state index contributed by atoms with van der Waals surface area (Å²) in [5, 5.41) is 2.61. The summed E-state index contributed by atoms with van der Waals surface area (Å²) in [5.41, 5.74) is 2.66. The molecule has 0 amide bonds. The smallest absolute Gasteiger partial charge is 0.426 e. The van der Waals surface area contributed by atoms with E-state index < -0.39 is 36.1 Å². The van der Waals surface area contributed by atoms with Gasteiger partial charge in [0, 0.05) is 23.3 Å². The fourth-order valence-corrected chi connectivity index (χ4v) is 5.82. The van der Waals surface area contributed by atoms with Crippen molar-refractivity contribution in [3.8, 4) is 11.5 Å². The van der Waals surface area contributed by atoms with Crippen LogP contribution in [-0.4, -0.2) is 23.9 Å². The Kier molecular flexibility index (Phi) is 36.4. The van der Waals surface area contributed by atoms with E-state index >= 15 is 0 Å². The highest BCUT2D eigenvalue weighted by Gasteiger charge is 2.36. The molecule has 0 atom stereocenters. The lowest BCUT2D eigenvalue weighted by atomic mass is 10.0. The Labute approximate surface area is 460 Å². The lowest BCUT2D eigenvalue weighted by Gasteiger charge is -2.19. The van der Waals surface area contributed by atoms with Gasteiger partial charge in [0.15, 0.2) is 0 Å². The average Bonchev–Trinajstić information content (AvgIpc) is 3.48. The third-order valence-corrected chi connectivity index (χ3v) is 9.35. The molecular formula is C64H80F4O10. The minimum absolute atomic E-state index is 0.000971. The minimum atomic E-state index is -3.57. The number of esters is 4. The van der Waals surface area contributed by atoms with Gasteiger partial charge in [0.2, 0.25) is 0 Å². The number of hydrogen-bond acceptors (Lipinski definition) is 10. The molecule has 10 nitrogen and oxygen atoms in total. The molecular weight excluding hydrogens is 1000 g/mol. The Bertz CT molecular complexity index is 2780. The molecule has 0 aliphatic heterocycles. The van der Waals surface area contributed by atoms with Crippen LogP contribution in [0.4, 0.5) is 17.6 Å². The number of ether oxygens (including phenoxy) is 6. The van der Waals surface area contributed by atoms with Gasteiger partial charge in [0.05, 0.1) is 11.1 Å². The van der Waals surface area contributed by atoms with Gasteiger partial charge in [-0.1, -0.05) is 170 Å². The Morgan fingerprint density at radius 2 is 0.654 bits per heavy atom. The highest BCUT2D eigenvalue weighted by atomic mass is 19.3. The third kappa shape index (κ3) is 25.2. The predicted octanol–water partition coefficient (Wildman–Crippen LogP) is 17.8. The van der Waals surface area contributed by atoms with Gasteiger partial charge in [0.1, 0.15) is 37.9 Å². The SMILES string of the molecule is C=C(C)C(=O)OCc1ccc(OC(F)(F)c2ccc3cc(COC(=O)C(=C)C)ccc3c2)cc1.C=CC(=O)OCc1ccc(OC(F)(F)c2ccc3cc(COC(=O)C=C)ccc3c2)cc1.CC.CC.CC.CC.CC.CC. The second-order valence-electron chi connectivity index (χ2n) is 14.7. The van der Waals surface area contributed by atoms with Crippen molar-refractivity contribution in [1.82, 2.24) is 0 Å². The van der Waals surface area contributed by atoms with E-state index in [2.05, 4.69) is 26.3 Å². The zero-order valence-corrected chi connectivity index (χ0v) is 48.0. The first kappa shape index (κ1) is 72.1. The zero-order chi connectivity index (χ0) is 60.0. The maximum atomic E-state index is 14.8. The molecule has 14 heteroatoms. The fraction of sp³-hybridized carbons (Fsp3) is 0.312. The van der Waals surface area contributed by atoms with Gasteiger partial charge in [0.25, 0.3) is 0 Å². The van der Waals surface area contributed by atoms with Crippen LogP contribution in [0.5, 0.6) is 11.5 Å². The molecule has 0 fully saturated rings. The average molecular weight is 1090 g/mol. The molecule has 6 aromatic rings. The Hall–Kier alpha value is -8.00. The van der Waals surface area contributed by atoms with Crippen molar-refractivity contribution in [3.05, 3.63) is 204 Å². The first-order valence-electron chi connectivity index (χ1n) is 26.0. The van der Waals surface area contributed by atoms with Gasteiger partial charge in [-0.25, -0.2) is 19.2 Å².